The number of nitrogens with two attached hydrogens (primary N) is 1. The molecule has 0 unspecified atom stereocenters. The van der Waals surface area contributed by atoms with Crippen molar-refractivity contribution in [2.24, 2.45) is 10.7 Å². The van der Waals surface area contributed by atoms with Gasteiger partial charge in [0.25, 0.3) is 0 Å². The van der Waals surface area contributed by atoms with Crippen LogP contribution in [0.4, 0.5) is 0 Å². The summed E-state index contributed by atoms with van der Waals surface area (Å²) in [5.74, 6) is 1.95. The van der Waals surface area contributed by atoms with E-state index in [0.29, 0.717) is 10.8 Å². The summed E-state index contributed by atoms with van der Waals surface area (Å²) in [6.45, 7) is 6.76. The number of hydrogen-bond donors (Lipinski definition) is 1. The molecule has 2 aliphatic rings. The van der Waals surface area contributed by atoms with E-state index in [1.54, 1.807) is 0 Å². The van der Waals surface area contributed by atoms with E-state index in [1.807, 2.05) is 0 Å². The predicted molar refractivity (Wildman–Crippen MR) is 76.6 cm³/mol. The van der Waals surface area contributed by atoms with E-state index in [9.17, 15) is 0 Å². The zero-order chi connectivity index (χ0) is 12.3. The standard InChI is InChI=1S/C13H25N3S/c1-13(2)7-8-16(9-10-17-13)12(14)15-11-5-3-4-6-11/h11H,3-10H2,1-2H3,(H2,14,15). The lowest BCUT2D eigenvalue weighted by Crippen LogP contribution is -2.40. The van der Waals surface area contributed by atoms with Gasteiger partial charge in [0.1, 0.15) is 0 Å². The Morgan fingerprint density at radius 3 is 2.71 bits per heavy atom. The summed E-state index contributed by atoms with van der Waals surface area (Å²) >= 11 is 2.05. The van der Waals surface area contributed by atoms with Gasteiger partial charge in [0.2, 0.25) is 0 Å². The largest absolute Gasteiger partial charge is 0.370 e. The maximum atomic E-state index is 6.15. The molecule has 1 aliphatic heterocycles. The second kappa shape index (κ2) is 5.51. The van der Waals surface area contributed by atoms with E-state index in [4.69, 9.17) is 10.7 Å². The smallest absolute Gasteiger partial charge is 0.191 e. The Hall–Kier alpha value is -0.380. The maximum absolute atomic E-state index is 6.15. The van der Waals surface area contributed by atoms with Gasteiger partial charge in [-0.15, -0.1) is 0 Å². The first-order valence-electron chi connectivity index (χ1n) is 6.79. The lowest BCUT2D eigenvalue weighted by Gasteiger charge is -2.24. The van der Waals surface area contributed by atoms with E-state index in [0.717, 1.165) is 24.8 Å². The number of aliphatic imine (C=N–C) groups is 1. The van der Waals surface area contributed by atoms with Gasteiger partial charge in [0.15, 0.2) is 5.96 Å². The second-order valence-corrected chi connectivity index (χ2v) is 7.57. The molecule has 17 heavy (non-hydrogen) atoms. The van der Waals surface area contributed by atoms with E-state index < -0.39 is 0 Å². The molecule has 2 fully saturated rings. The van der Waals surface area contributed by atoms with Crippen molar-refractivity contribution in [1.82, 2.24) is 4.90 Å². The molecule has 4 heteroatoms. The first kappa shape index (κ1) is 13.1. The number of hydrogen-bond acceptors (Lipinski definition) is 2. The molecule has 2 rings (SSSR count). The molecule has 0 amide bonds. The highest BCUT2D eigenvalue weighted by Crippen LogP contribution is 2.30. The van der Waals surface area contributed by atoms with E-state index >= 15 is 0 Å². The third kappa shape index (κ3) is 3.80. The first-order valence-corrected chi connectivity index (χ1v) is 7.77. The van der Waals surface area contributed by atoms with Crippen molar-refractivity contribution in [2.45, 2.75) is 56.7 Å². The lowest BCUT2D eigenvalue weighted by atomic mass is 10.1. The Labute approximate surface area is 109 Å². The van der Waals surface area contributed by atoms with Gasteiger partial charge in [-0.05, 0) is 19.3 Å². The molecule has 2 N–H and O–H groups in total. The van der Waals surface area contributed by atoms with Gasteiger partial charge in [-0.2, -0.15) is 11.8 Å². The molecule has 0 aromatic rings. The summed E-state index contributed by atoms with van der Waals surface area (Å²) in [6.07, 6.45) is 6.30. The van der Waals surface area contributed by atoms with Crippen LogP contribution in [0, 0.1) is 0 Å². The molecule has 1 heterocycles. The molecule has 0 bridgehead atoms. The topological polar surface area (TPSA) is 41.6 Å². The zero-order valence-electron chi connectivity index (χ0n) is 11.1. The number of rotatable bonds is 1. The molecule has 0 spiro atoms. The van der Waals surface area contributed by atoms with Gasteiger partial charge in [-0.25, -0.2) is 4.99 Å². The van der Waals surface area contributed by atoms with Crippen molar-refractivity contribution >= 4 is 17.7 Å². The number of nitrogens with zero attached hydrogens (tertiary/aromatic N) is 2. The third-order valence-electron chi connectivity index (χ3n) is 3.80. The van der Waals surface area contributed by atoms with Gasteiger partial charge in [-0.3, -0.25) is 0 Å². The van der Waals surface area contributed by atoms with Gasteiger partial charge in [0, 0.05) is 23.6 Å². The minimum Gasteiger partial charge on any atom is -0.370 e. The highest BCUT2D eigenvalue weighted by atomic mass is 32.2. The maximum Gasteiger partial charge on any atom is 0.191 e. The molecular formula is C13H25N3S. The van der Waals surface area contributed by atoms with E-state index in [1.165, 1.54) is 32.1 Å². The van der Waals surface area contributed by atoms with Crippen LogP contribution in [-0.4, -0.2) is 40.5 Å². The van der Waals surface area contributed by atoms with Crippen molar-refractivity contribution < 1.29 is 0 Å². The van der Waals surface area contributed by atoms with Gasteiger partial charge >= 0.3 is 0 Å². The average Bonchev–Trinajstić information content (AvgIpc) is 2.68. The molecule has 98 valence electrons. The summed E-state index contributed by atoms with van der Waals surface area (Å²) < 4.78 is 0.391. The van der Waals surface area contributed by atoms with Crippen LogP contribution in [0.2, 0.25) is 0 Å². The molecular weight excluding hydrogens is 230 g/mol. The Kier molecular flexibility index (Phi) is 4.23. The van der Waals surface area contributed by atoms with Gasteiger partial charge < -0.3 is 10.6 Å². The molecule has 1 saturated carbocycles. The van der Waals surface area contributed by atoms with E-state index in [-0.39, 0.29) is 0 Å². The third-order valence-corrected chi connectivity index (χ3v) is 5.17. The van der Waals surface area contributed by atoms with Crippen LogP contribution in [0.3, 0.4) is 0 Å². The summed E-state index contributed by atoms with van der Waals surface area (Å²) in [7, 11) is 0. The quantitative estimate of drug-likeness (QED) is 0.578. The fraction of sp³-hybridized carbons (Fsp3) is 0.923. The van der Waals surface area contributed by atoms with Crippen LogP contribution in [0.25, 0.3) is 0 Å². The molecule has 0 aromatic heterocycles. The van der Waals surface area contributed by atoms with Crippen molar-refractivity contribution in [3.63, 3.8) is 0 Å². The second-order valence-electron chi connectivity index (χ2n) is 5.77. The SMILES string of the molecule is CC1(C)CCN(C(N)=NC2CCCC2)CCS1. The summed E-state index contributed by atoms with van der Waals surface area (Å²) in [4.78, 5) is 6.98. The molecule has 1 saturated heterocycles. The van der Waals surface area contributed by atoms with Crippen LogP contribution < -0.4 is 5.73 Å². The van der Waals surface area contributed by atoms with Gasteiger partial charge in [-0.1, -0.05) is 26.7 Å². The van der Waals surface area contributed by atoms with Crippen LogP contribution in [0.5, 0.6) is 0 Å². The summed E-state index contributed by atoms with van der Waals surface area (Å²) in [6, 6.07) is 0.499. The molecule has 0 radical (unpaired) electrons. The predicted octanol–water partition coefficient (Wildman–Crippen LogP) is 2.46. The minimum absolute atomic E-state index is 0.391. The summed E-state index contributed by atoms with van der Waals surface area (Å²) in [5, 5.41) is 0. The number of thioether (sulfide) groups is 1. The first-order chi connectivity index (χ1) is 8.07. The highest BCUT2D eigenvalue weighted by Gasteiger charge is 2.25. The number of guanidine groups is 1. The Morgan fingerprint density at radius 2 is 2.00 bits per heavy atom. The molecule has 0 aromatic carbocycles. The Balaban J connectivity index is 1.92. The fourth-order valence-corrected chi connectivity index (χ4v) is 3.65. The van der Waals surface area contributed by atoms with Crippen molar-refractivity contribution in [1.29, 1.82) is 0 Å². The van der Waals surface area contributed by atoms with Crippen LogP contribution in [0.1, 0.15) is 46.0 Å². The minimum atomic E-state index is 0.391. The van der Waals surface area contributed by atoms with Crippen molar-refractivity contribution in [2.75, 3.05) is 18.8 Å². The summed E-state index contributed by atoms with van der Waals surface area (Å²) in [5.41, 5.74) is 6.15. The van der Waals surface area contributed by atoms with E-state index in [2.05, 4.69) is 30.5 Å². The lowest BCUT2D eigenvalue weighted by molar-refractivity contribution is 0.414. The molecule has 1 aliphatic carbocycles. The molecule has 0 atom stereocenters. The van der Waals surface area contributed by atoms with Crippen LogP contribution >= 0.6 is 11.8 Å². The molecule has 3 nitrogen and oxygen atoms in total. The van der Waals surface area contributed by atoms with Crippen LogP contribution in [-0.2, 0) is 0 Å². The van der Waals surface area contributed by atoms with Crippen LogP contribution in [0.15, 0.2) is 4.99 Å². The monoisotopic (exact) mass is 255 g/mol. The van der Waals surface area contributed by atoms with Gasteiger partial charge in [0.05, 0.1) is 6.04 Å². The van der Waals surface area contributed by atoms with Crippen molar-refractivity contribution in [3.05, 3.63) is 0 Å². The Bertz CT molecular complexity index is 282. The zero-order valence-corrected chi connectivity index (χ0v) is 11.9. The Morgan fingerprint density at radius 1 is 1.29 bits per heavy atom. The van der Waals surface area contributed by atoms with Crippen molar-refractivity contribution in [3.8, 4) is 0 Å². The average molecular weight is 255 g/mol. The fourth-order valence-electron chi connectivity index (χ4n) is 2.55. The highest BCUT2D eigenvalue weighted by molar-refractivity contribution is 8.00. The normalized spacial score (nSPS) is 27.2.